The van der Waals surface area contributed by atoms with E-state index < -0.39 is 23.4 Å². The molecule has 3 aromatic carbocycles. The molecule has 1 unspecified atom stereocenters. The predicted octanol–water partition coefficient (Wildman–Crippen LogP) is 3.69. The predicted molar refractivity (Wildman–Crippen MR) is 118 cm³/mol. The maximum absolute atomic E-state index is 13.9. The molecule has 4 amide bonds. The molecule has 1 heterocycles. The quantitative estimate of drug-likeness (QED) is 0.626. The van der Waals surface area contributed by atoms with Crippen LogP contribution in [-0.2, 0) is 21.7 Å². The van der Waals surface area contributed by atoms with Crippen molar-refractivity contribution in [3.05, 3.63) is 102 Å². The number of likely N-dealkylation sites (N-methyl/N-ethyl adjacent to an activating group) is 1. The van der Waals surface area contributed by atoms with Crippen molar-refractivity contribution in [3.8, 4) is 0 Å². The van der Waals surface area contributed by atoms with E-state index in [2.05, 4.69) is 5.32 Å². The average molecular weight is 413 g/mol. The monoisotopic (exact) mass is 413 g/mol. The Labute approximate surface area is 181 Å². The van der Waals surface area contributed by atoms with Crippen molar-refractivity contribution in [2.24, 2.45) is 0 Å². The third-order valence-corrected chi connectivity index (χ3v) is 5.36. The molecule has 0 bridgehead atoms. The van der Waals surface area contributed by atoms with E-state index in [4.69, 9.17) is 0 Å². The molecule has 31 heavy (non-hydrogen) atoms. The number of barbiturate groups is 1. The Hall–Kier alpha value is -3.77. The third-order valence-electron chi connectivity index (χ3n) is 5.36. The lowest BCUT2D eigenvalue weighted by Crippen LogP contribution is -2.72. The van der Waals surface area contributed by atoms with Gasteiger partial charge in [-0.05, 0) is 29.8 Å². The van der Waals surface area contributed by atoms with Crippen LogP contribution in [0.5, 0.6) is 0 Å². The number of anilines is 1. The van der Waals surface area contributed by atoms with Crippen molar-refractivity contribution < 1.29 is 14.4 Å². The number of amides is 4. The van der Waals surface area contributed by atoms with Crippen LogP contribution < -0.4 is 10.2 Å². The van der Waals surface area contributed by atoms with Crippen molar-refractivity contribution in [1.29, 1.82) is 0 Å². The summed E-state index contributed by atoms with van der Waals surface area (Å²) in [6.45, 7) is 2.26. The molecule has 0 aliphatic carbocycles. The van der Waals surface area contributed by atoms with E-state index >= 15 is 0 Å². The van der Waals surface area contributed by atoms with E-state index in [1.54, 1.807) is 48.5 Å². The topological polar surface area (TPSA) is 69.7 Å². The normalized spacial score (nSPS) is 19.1. The van der Waals surface area contributed by atoms with E-state index in [-0.39, 0.29) is 6.54 Å². The molecule has 1 fully saturated rings. The molecule has 1 N–H and O–H groups in total. The molecule has 0 spiro atoms. The minimum Gasteiger partial charge on any atom is -0.292 e. The SMILES string of the molecule is CCNC1(c2ccccc2)C(=O)N(Cc2ccccc2)C(=O)N(c2ccccc2)C1=O. The van der Waals surface area contributed by atoms with E-state index in [9.17, 15) is 14.4 Å². The van der Waals surface area contributed by atoms with E-state index in [1.165, 1.54) is 0 Å². The standard InChI is InChI=1S/C25H23N3O3/c1-2-26-25(20-14-8-4-9-15-20)22(29)27(18-19-12-6-3-7-13-19)24(31)28(23(25)30)21-16-10-5-11-17-21/h3-17,26H,2,18H2,1H3. The molecule has 1 aliphatic heterocycles. The summed E-state index contributed by atoms with van der Waals surface area (Å²) in [5, 5.41) is 3.12. The van der Waals surface area contributed by atoms with Crippen molar-refractivity contribution in [1.82, 2.24) is 10.2 Å². The minimum absolute atomic E-state index is 0.0646. The van der Waals surface area contributed by atoms with Gasteiger partial charge in [0.2, 0.25) is 5.54 Å². The fourth-order valence-corrected chi connectivity index (χ4v) is 3.92. The molecule has 1 saturated heterocycles. The Bertz CT molecular complexity index is 1090. The lowest BCUT2D eigenvalue weighted by molar-refractivity contribution is -0.146. The highest BCUT2D eigenvalue weighted by Gasteiger charge is 2.58. The first-order chi connectivity index (χ1) is 15.1. The number of carbonyl (C=O) groups is 3. The molecule has 1 atom stereocenters. The summed E-state index contributed by atoms with van der Waals surface area (Å²) in [4.78, 5) is 43.4. The zero-order valence-electron chi connectivity index (χ0n) is 17.2. The van der Waals surface area contributed by atoms with Crippen molar-refractivity contribution in [2.75, 3.05) is 11.4 Å². The van der Waals surface area contributed by atoms with Crippen molar-refractivity contribution in [2.45, 2.75) is 19.0 Å². The van der Waals surface area contributed by atoms with E-state index in [0.717, 1.165) is 15.4 Å². The number of nitrogens with zero attached hydrogens (tertiary/aromatic N) is 2. The Morgan fingerprint density at radius 3 is 1.87 bits per heavy atom. The second-order valence-corrected chi connectivity index (χ2v) is 7.28. The molecule has 0 saturated carbocycles. The number of nitrogens with one attached hydrogen (secondary N) is 1. The number of imide groups is 2. The minimum atomic E-state index is -1.70. The summed E-state index contributed by atoms with van der Waals surface area (Å²) < 4.78 is 0. The lowest BCUT2D eigenvalue weighted by Gasteiger charge is -2.44. The molecule has 1 aliphatic rings. The van der Waals surface area contributed by atoms with E-state index in [0.29, 0.717) is 17.8 Å². The molecule has 0 radical (unpaired) electrons. The molecule has 6 heteroatoms. The number of hydrogen-bond donors (Lipinski definition) is 1. The van der Waals surface area contributed by atoms with Gasteiger partial charge >= 0.3 is 6.03 Å². The number of para-hydroxylation sites is 1. The highest BCUT2D eigenvalue weighted by molar-refractivity contribution is 6.32. The molecule has 0 aromatic heterocycles. The second-order valence-electron chi connectivity index (χ2n) is 7.28. The highest BCUT2D eigenvalue weighted by Crippen LogP contribution is 2.35. The fraction of sp³-hybridized carbons (Fsp3) is 0.160. The number of carbonyl (C=O) groups excluding carboxylic acids is 3. The van der Waals surface area contributed by atoms with Crippen LogP contribution in [-0.4, -0.2) is 29.3 Å². The first-order valence-corrected chi connectivity index (χ1v) is 10.2. The molecular weight excluding hydrogens is 390 g/mol. The van der Waals surface area contributed by atoms with Gasteiger partial charge in [0.15, 0.2) is 0 Å². The summed E-state index contributed by atoms with van der Waals surface area (Å²) in [5.41, 5.74) is 0.0128. The van der Waals surface area contributed by atoms with Crippen molar-refractivity contribution in [3.63, 3.8) is 0 Å². The summed E-state index contributed by atoms with van der Waals surface area (Å²) >= 11 is 0. The van der Waals surface area contributed by atoms with Crippen molar-refractivity contribution >= 4 is 23.5 Å². The van der Waals surface area contributed by atoms with Gasteiger partial charge in [0, 0.05) is 0 Å². The van der Waals surface area contributed by atoms with Crippen LogP contribution in [0.3, 0.4) is 0 Å². The number of benzene rings is 3. The third kappa shape index (κ3) is 3.51. The van der Waals surface area contributed by atoms with Gasteiger partial charge in [0.25, 0.3) is 11.8 Å². The second kappa shape index (κ2) is 8.53. The Balaban J connectivity index is 1.90. The van der Waals surface area contributed by atoms with E-state index in [1.807, 2.05) is 49.4 Å². The number of urea groups is 1. The smallest absolute Gasteiger partial charge is 0.292 e. The Morgan fingerprint density at radius 2 is 1.29 bits per heavy atom. The maximum atomic E-state index is 13.9. The number of rotatable bonds is 6. The van der Waals surface area contributed by atoms with Gasteiger partial charge in [-0.1, -0.05) is 85.8 Å². The first-order valence-electron chi connectivity index (χ1n) is 10.2. The highest BCUT2D eigenvalue weighted by atomic mass is 16.2. The summed E-state index contributed by atoms with van der Waals surface area (Å²) in [7, 11) is 0. The van der Waals surface area contributed by atoms with Crippen LogP contribution in [0.15, 0.2) is 91.0 Å². The summed E-state index contributed by atoms with van der Waals surface area (Å²) in [6, 6.07) is 26.2. The first kappa shape index (κ1) is 20.5. The van der Waals surface area contributed by atoms with Gasteiger partial charge in [-0.2, -0.15) is 0 Å². The summed E-state index contributed by atoms with van der Waals surface area (Å²) in [5.74, 6) is -1.18. The molecule has 3 aromatic rings. The molecular formula is C25H23N3O3. The average Bonchev–Trinajstić information content (AvgIpc) is 2.82. The number of hydrogen-bond acceptors (Lipinski definition) is 4. The van der Waals surface area contributed by atoms with Gasteiger partial charge in [-0.3, -0.25) is 19.8 Å². The van der Waals surface area contributed by atoms with Crippen LogP contribution in [0.4, 0.5) is 10.5 Å². The molecule has 156 valence electrons. The van der Waals surface area contributed by atoms with Crippen LogP contribution in [0.2, 0.25) is 0 Å². The van der Waals surface area contributed by atoms with Crippen LogP contribution in [0.25, 0.3) is 0 Å². The van der Waals surface area contributed by atoms with Gasteiger partial charge in [0.05, 0.1) is 12.2 Å². The van der Waals surface area contributed by atoms with Gasteiger partial charge < -0.3 is 0 Å². The summed E-state index contributed by atoms with van der Waals surface area (Å²) in [6.07, 6.45) is 0. The maximum Gasteiger partial charge on any atom is 0.338 e. The van der Waals surface area contributed by atoms with Crippen LogP contribution >= 0.6 is 0 Å². The molecule has 4 rings (SSSR count). The van der Waals surface area contributed by atoms with Gasteiger partial charge in [-0.25, -0.2) is 9.69 Å². The Morgan fingerprint density at radius 1 is 0.742 bits per heavy atom. The van der Waals surface area contributed by atoms with Crippen LogP contribution in [0, 0.1) is 0 Å². The largest absolute Gasteiger partial charge is 0.338 e. The fourth-order valence-electron chi connectivity index (χ4n) is 3.92. The zero-order valence-corrected chi connectivity index (χ0v) is 17.2. The molecule has 6 nitrogen and oxygen atoms in total. The lowest BCUT2D eigenvalue weighted by atomic mass is 9.84. The van der Waals surface area contributed by atoms with Gasteiger partial charge in [0.1, 0.15) is 0 Å². The zero-order chi connectivity index (χ0) is 21.8. The van der Waals surface area contributed by atoms with Crippen LogP contribution in [0.1, 0.15) is 18.1 Å². The Kier molecular flexibility index (Phi) is 5.64. The van der Waals surface area contributed by atoms with Gasteiger partial charge in [-0.15, -0.1) is 0 Å².